The summed E-state index contributed by atoms with van der Waals surface area (Å²) in [5.41, 5.74) is 3.89. The number of amides is 2. The Morgan fingerprint density at radius 2 is 1.71 bits per heavy atom. The summed E-state index contributed by atoms with van der Waals surface area (Å²) >= 11 is 0. The first-order chi connectivity index (χ1) is 9.80. The van der Waals surface area contributed by atoms with Gasteiger partial charge in [-0.15, -0.1) is 0 Å². The lowest BCUT2D eigenvalue weighted by atomic mass is 9.95. The minimum absolute atomic E-state index is 0.235. The van der Waals surface area contributed by atoms with Crippen molar-refractivity contribution in [2.24, 2.45) is 11.7 Å². The highest BCUT2D eigenvalue weighted by atomic mass is 19.4. The number of nitrogens with zero attached hydrogens (tertiary/aromatic N) is 1. The van der Waals surface area contributed by atoms with E-state index in [2.05, 4.69) is 0 Å². The average Bonchev–Trinajstić information content (AvgIpc) is 2.45. The van der Waals surface area contributed by atoms with Gasteiger partial charge in [-0.1, -0.05) is 12.1 Å². The summed E-state index contributed by atoms with van der Waals surface area (Å²) in [7, 11) is 0. The molecule has 0 atom stereocenters. The minimum atomic E-state index is -4.57. The Labute approximate surface area is 119 Å². The first-order valence-corrected chi connectivity index (χ1v) is 6.55. The molecule has 1 aromatic rings. The molecule has 0 bridgehead atoms. The highest BCUT2D eigenvalue weighted by Gasteiger charge is 2.36. The molecule has 0 unspecified atom stereocenters. The monoisotopic (exact) mass is 300 g/mol. The zero-order chi connectivity index (χ0) is 15.6. The van der Waals surface area contributed by atoms with E-state index in [1.807, 2.05) is 0 Å². The summed E-state index contributed by atoms with van der Waals surface area (Å²) in [5, 5.41) is 0. The lowest BCUT2D eigenvalue weighted by Gasteiger charge is -2.31. The van der Waals surface area contributed by atoms with E-state index in [1.54, 1.807) is 0 Å². The van der Waals surface area contributed by atoms with Crippen molar-refractivity contribution in [3.63, 3.8) is 0 Å². The number of alkyl halides is 3. The van der Waals surface area contributed by atoms with Gasteiger partial charge in [0.2, 0.25) is 5.91 Å². The first-order valence-electron chi connectivity index (χ1n) is 6.55. The van der Waals surface area contributed by atoms with Crippen molar-refractivity contribution < 1.29 is 22.8 Å². The van der Waals surface area contributed by atoms with Crippen molar-refractivity contribution in [1.29, 1.82) is 0 Å². The zero-order valence-corrected chi connectivity index (χ0v) is 11.2. The molecule has 1 saturated heterocycles. The second-order valence-corrected chi connectivity index (χ2v) is 5.01. The number of primary amides is 1. The molecule has 0 radical (unpaired) electrons. The molecule has 2 amide bonds. The largest absolute Gasteiger partial charge is 0.417 e. The molecule has 1 aromatic carbocycles. The van der Waals surface area contributed by atoms with E-state index in [9.17, 15) is 22.8 Å². The van der Waals surface area contributed by atoms with Crippen molar-refractivity contribution in [2.75, 3.05) is 13.1 Å². The van der Waals surface area contributed by atoms with Crippen LogP contribution in [-0.4, -0.2) is 29.8 Å². The van der Waals surface area contributed by atoms with Gasteiger partial charge in [0.15, 0.2) is 0 Å². The van der Waals surface area contributed by atoms with Crippen molar-refractivity contribution in [3.8, 4) is 0 Å². The second kappa shape index (κ2) is 5.75. The molecule has 0 spiro atoms. The van der Waals surface area contributed by atoms with E-state index in [1.165, 1.54) is 23.1 Å². The molecule has 2 rings (SSSR count). The number of likely N-dealkylation sites (tertiary alicyclic amines) is 1. The molecule has 4 nitrogen and oxygen atoms in total. The Bertz CT molecular complexity index is 549. The normalized spacial score (nSPS) is 16.8. The van der Waals surface area contributed by atoms with Crippen LogP contribution in [0.2, 0.25) is 0 Å². The van der Waals surface area contributed by atoms with Crippen LogP contribution in [0, 0.1) is 5.92 Å². The number of halogens is 3. The fourth-order valence-electron chi connectivity index (χ4n) is 2.45. The van der Waals surface area contributed by atoms with Gasteiger partial charge in [0, 0.05) is 19.0 Å². The standard InChI is InChI=1S/C14H15F3N2O2/c15-14(16,17)11-4-2-1-3-10(11)13(21)19-7-5-9(6-8-19)12(18)20/h1-4,9H,5-8H2,(H2,18,20). The van der Waals surface area contributed by atoms with Crippen LogP contribution in [0.4, 0.5) is 13.2 Å². The number of carbonyl (C=O) groups is 2. The predicted molar refractivity (Wildman–Crippen MR) is 69.3 cm³/mol. The van der Waals surface area contributed by atoms with Crippen LogP contribution in [0.1, 0.15) is 28.8 Å². The predicted octanol–water partition coefficient (Wildman–Crippen LogP) is 2.04. The molecule has 1 aliphatic rings. The number of rotatable bonds is 2. The second-order valence-electron chi connectivity index (χ2n) is 5.01. The van der Waals surface area contributed by atoms with Gasteiger partial charge in [0.05, 0.1) is 11.1 Å². The maximum atomic E-state index is 12.9. The Morgan fingerprint density at radius 3 is 2.24 bits per heavy atom. The fourth-order valence-corrected chi connectivity index (χ4v) is 2.45. The molecule has 21 heavy (non-hydrogen) atoms. The number of piperidine rings is 1. The Balaban J connectivity index is 2.17. The molecule has 0 saturated carbocycles. The third-order valence-electron chi connectivity index (χ3n) is 3.65. The quantitative estimate of drug-likeness (QED) is 0.908. The third kappa shape index (κ3) is 3.34. The molecular weight excluding hydrogens is 285 g/mol. The van der Waals surface area contributed by atoms with E-state index in [4.69, 9.17) is 5.73 Å². The number of hydrogen-bond acceptors (Lipinski definition) is 2. The van der Waals surface area contributed by atoms with E-state index >= 15 is 0 Å². The van der Waals surface area contributed by atoms with Gasteiger partial charge in [0.25, 0.3) is 5.91 Å². The van der Waals surface area contributed by atoms with E-state index in [0.29, 0.717) is 12.8 Å². The molecule has 0 aromatic heterocycles. The number of carbonyl (C=O) groups excluding carboxylic acids is 2. The minimum Gasteiger partial charge on any atom is -0.369 e. The van der Waals surface area contributed by atoms with Gasteiger partial charge in [-0.25, -0.2) is 0 Å². The highest BCUT2D eigenvalue weighted by Crippen LogP contribution is 2.32. The number of benzene rings is 1. The van der Waals surface area contributed by atoms with Crippen LogP contribution in [-0.2, 0) is 11.0 Å². The molecule has 7 heteroatoms. The summed E-state index contributed by atoms with van der Waals surface area (Å²) in [6.45, 7) is 0.470. The number of nitrogens with two attached hydrogens (primary N) is 1. The van der Waals surface area contributed by atoms with Crippen LogP contribution in [0.15, 0.2) is 24.3 Å². The van der Waals surface area contributed by atoms with Gasteiger partial charge in [0.1, 0.15) is 0 Å². The molecule has 1 fully saturated rings. The van der Waals surface area contributed by atoms with Gasteiger partial charge in [-0.3, -0.25) is 9.59 Å². The molecule has 1 aliphatic heterocycles. The summed E-state index contributed by atoms with van der Waals surface area (Å²) in [4.78, 5) is 24.6. The molecular formula is C14H15F3N2O2. The lowest BCUT2D eigenvalue weighted by Crippen LogP contribution is -2.42. The maximum Gasteiger partial charge on any atom is 0.417 e. The van der Waals surface area contributed by atoms with Crippen LogP contribution >= 0.6 is 0 Å². The van der Waals surface area contributed by atoms with Crippen LogP contribution in [0.25, 0.3) is 0 Å². The smallest absolute Gasteiger partial charge is 0.369 e. The lowest BCUT2D eigenvalue weighted by molar-refractivity contribution is -0.138. The van der Waals surface area contributed by atoms with E-state index in [0.717, 1.165) is 6.07 Å². The van der Waals surface area contributed by atoms with Crippen molar-refractivity contribution in [3.05, 3.63) is 35.4 Å². The molecule has 2 N–H and O–H groups in total. The van der Waals surface area contributed by atoms with Crippen molar-refractivity contribution >= 4 is 11.8 Å². The van der Waals surface area contributed by atoms with Gasteiger partial charge < -0.3 is 10.6 Å². The average molecular weight is 300 g/mol. The fraction of sp³-hybridized carbons (Fsp3) is 0.429. The summed E-state index contributed by atoms with van der Waals surface area (Å²) in [5.74, 6) is -1.41. The van der Waals surface area contributed by atoms with Crippen LogP contribution in [0.3, 0.4) is 0 Å². The third-order valence-corrected chi connectivity index (χ3v) is 3.65. The summed E-state index contributed by atoms with van der Waals surface area (Å²) in [6, 6.07) is 4.71. The zero-order valence-electron chi connectivity index (χ0n) is 11.2. The van der Waals surface area contributed by atoms with Crippen molar-refractivity contribution in [1.82, 2.24) is 4.90 Å². The Kier molecular flexibility index (Phi) is 4.20. The maximum absolute atomic E-state index is 12.9. The van der Waals surface area contributed by atoms with Crippen LogP contribution in [0.5, 0.6) is 0 Å². The molecule has 1 heterocycles. The molecule has 0 aliphatic carbocycles. The topological polar surface area (TPSA) is 63.4 Å². The highest BCUT2D eigenvalue weighted by molar-refractivity contribution is 5.96. The first kappa shape index (κ1) is 15.3. The summed E-state index contributed by atoms with van der Waals surface area (Å²) in [6.07, 6.45) is -3.80. The Morgan fingerprint density at radius 1 is 1.14 bits per heavy atom. The van der Waals surface area contributed by atoms with Crippen molar-refractivity contribution in [2.45, 2.75) is 19.0 Å². The SMILES string of the molecule is NC(=O)C1CCN(C(=O)c2ccccc2C(F)(F)F)CC1. The molecule has 114 valence electrons. The van der Waals surface area contributed by atoms with E-state index in [-0.39, 0.29) is 24.6 Å². The van der Waals surface area contributed by atoms with E-state index < -0.39 is 23.6 Å². The summed E-state index contributed by atoms with van der Waals surface area (Å²) < 4.78 is 38.7. The van der Waals surface area contributed by atoms with Crippen LogP contribution < -0.4 is 5.73 Å². The Hall–Kier alpha value is -2.05. The number of hydrogen-bond donors (Lipinski definition) is 1. The van der Waals surface area contributed by atoms with Gasteiger partial charge >= 0.3 is 6.18 Å². The van der Waals surface area contributed by atoms with Gasteiger partial charge in [-0.2, -0.15) is 13.2 Å². The van der Waals surface area contributed by atoms with Gasteiger partial charge in [-0.05, 0) is 25.0 Å².